The van der Waals surface area contributed by atoms with Crippen molar-refractivity contribution in [2.45, 2.75) is 40.0 Å². The van der Waals surface area contributed by atoms with Gasteiger partial charge in [0.05, 0.1) is 0 Å². The maximum atomic E-state index is 10.4. The monoisotopic (exact) mass is 711 g/mol. The Labute approximate surface area is 313 Å². The Hall–Kier alpha value is -5.89. The van der Waals surface area contributed by atoms with Gasteiger partial charge in [-0.2, -0.15) is 0 Å². The van der Waals surface area contributed by atoms with Crippen molar-refractivity contribution < 1.29 is 29.2 Å². The van der Waals surface area contributed by atoms with Crippen LogP contribution in [-0.2, 0) is 24.1 Å². The standard InChI is InChI=1S/C16H16O3.C15H17NO.C15H16O2/c1-12-2-4-13(5-3-12)10-14-6-8-15(9-7-14)19-11-16(17)18;2*1-12-2-4-13(5-3-12)10-14-6-8-15(9-7-14)17-11-16/h2-9H,10-11H2,1H3,(H,17,18);2-9H,10-11,16H2,1H3;2-9,16H,10-11H2,1H3. The molecule has 0 fully saturated rings. The van der Waals surface area contributed by atoms with E-state index in [2.05, 4.69) is 106 Å². The van der Waals surface area contributed by atoms with Crippen LogP contribution in [0.5, 0.6) is 17.2 Å². The molecule has 7 heteroatoms. The lowest BCUT2D eigenvalue weighted by Gasteiger charge is -2.05. The van der Waals surface area contributed by atoms with Gasteiger partial charge in [0.2, 0.25) is 0 Å². The number of aliphatic carboxylic acids is 1. The Bertz CT molecular complexity index is 1830. The fourth-order valence-corrected chi connectivity index (χ4v) is 5.25. The second-order valence-electron chi connectivity index (χ2n) is 12.7. The molecule has 0 aromatic heterocycles. The van der Waals surface area contributed by atoms with E-state index in [0.29, 0.717) is 11.5 Å². The van der Waals surface area contributed by atoms with Crippen molar-refractivity contribution in [1.29, 1.82) is 0 Å². The van der Waals surface area contributed by atoms with Gasteiger partial charge in [-0.25, -0.2) is 4.79 Å². The number of hydrogen-bond donors (Lipinski definition) is 3. The number of benzene rings is 6. The molecule has 0 bridgehead atoms. The van der Waals surface area contributed by atoms with Crippen LogP contribution in [-0.4, -0.2) is 36.3 Å². The molecule has 0 atom stereocenters. The number of carboxylic acid groups (broad SMARTS) is 1. The van der Waals surface area contributed by atoms with Gasteiger partial charge in [0.1, 0.15) is 24.0 Å². The van der Waals surface area contributed by atoms with Crippen molar-refractivity contribution in [3.63, 3.8) is 0 Å². The number of carbonyl (C=O) groups is 1. The fraction of sp³-hybridized carbons (Fsp3) is 0.196. The first kappa shape index (κ1) is 39.9. The third-order valence-electron chi connectivity index (χ3n) is 8.20. The molecule has 0 saturated heterocycles. The van der Waals surface area contributed by atoms with Crippen molar-refractivity contribution in [2.24, 2.45) is 5.73 Å². The number of aliphatic hydroxyl groups excluding tert-OH is 1. The summed E-state index contributed by atoms with van der Waals surface area (Å²) < 4.78 is 15.3. The zero-order valence-corrected chi connectivity index (χ0v) is 30.7. The molecule has 6 aromatic rings. The average molecular weight is 712 g/mol. The predicted octanol–water partition coefficient (Wildman–Crippen LogP) is 8.84. The lowest BCUT2D eigenvalue weighted by Crippen LogP contribution is -2.09. The van der Waals surface area contributed by atoms with E-state index in [1.807, 2.05) is 48.5 Å². The first-order valence-electron chi connectivity index (χ1n) is 17.5. The van der Waals surface area contributed by atoms with Gasteiger partial charge in [-0.3, -0.25) is 5.73 Å². The van der Waals surface area contributed by atoms with Crippen LogP contribution in [0.1, 0.15) is 50.1 Å². The zero-order valence-electron chi connectivity index (χ0n) is 30.7. The second-order valence-corrected chi connectivity index (χ2v) is 12.7. The van der Waals surface area contributed by atoms with Crippen molar-refractivity contribution in [1.82, 2.24) is 0 Å². The molecule has 6 aromatic carbocycles. The van der Waals surface area contributed by atoms with Gasteiger partial charge in [0, 0.05) is 0 Å². The van der Waals surface area contributed by atoms with Gasteiger partial charge < -0.3 is 24.4 Å². The maximum absolute atomic E-state index is 10.4. The molecule has 0 amide bonds. The SMILES string of the molecule is Cc1ccc(Cc2ccc(OCC(=O)O)cc2)cc1.Cc1ccc(Cc2ccc(OCN)cc2)cc1.Cc1ccc(Cc2ccc(OCO)cc2)cc1. The maximum Gasteiger partial charge on any atom is 0.341 e. The highest BCUT2D eigenvalue weighted by Gasteiger charge is 2.02. The van der Waals surface area contributed by atoms with Gasteiger partial charge in [0.15, 0.2) is 13.4 Å². The second kappa shape index (κ2) is 21.5. The summed E-state index contributed by atoms with van der Waals surface area (Å²) in [6, 6.07) is 48.9. The van der Waals surface area contributed by atoms with Gasteiger partial charge in [-0.15, -0.1) is 0 Å². The quantitative estimate of drug-likeness (QED) is 0.103. The minimum absolute atomic E-state index is 0.220. The minimum Gasteiger partial charge on any atom is -0.482 e. The van der Waals surface area contributed by atoms with E-state index in [1.54, 1.807) is 12.1 Å². The molecule has 0 aliphatic heterocycles. The summed E-state index contributed by atoms with van der Waals surface area (Å²) in [5, 5.41) is 17.1. The van der Waals surface area contributed by atoms with E-state index in [9.17, 15) is 4.79 Å². The summed E-state index contributed by atoms with van der Waals surface area (Å²) in [6.45, 7) is 5.89. The lowest BCUT2D eigenvalue weighted by atomic mass is 10.0. The molecule has 0 spiro atoms. The molecule has 0 unspecified atom stereocenters. The number of rotatable bonds is 13. The number of carboxylic acids is 1. The highest BCUT2D eigenvalue weighted by atomic mass is 16.6. The summed E-state index contributed by atoms with van der Waals surface area (Å²) in [5.74, 6) is 1.12. The molecule has 0 aliphatic rings. The normalized spacial score (nSPS) is 10.2. The molecule has 7 nitrogen and oxygen atoms in total. The number of aliphatic hydroxyl groups is 1. The molecular weight excluding hydrogens is 663 g/mol. The third kappa shape index (κ3) is 15.1. The van der Waals surface area contributed by atoms with Crippen molar-refractivity contribution in [2.75, 3.05) is 20.1 Å². The number of aryl methyl sites for hydroxylation is 3. The van der Waals surface area contributed by atoms with Gasteiger partial charge in [0.25, 0.3) is 0 Å². The Kier molecular flexibility index (Phi) is 16.2. The third-order valence-corrected chi connectivity index (χ3v) is 8.20. The van der Waals surface area contributed by atoms with Crippen molar-refractivity contribution >= 4 is 5.97 Å². The summed E-state index contributed by atoms with van der Waals surface area (Å²) >= 11 is 0. The molecule has 6 rings (SSSR count). The largest absolute Gasteiger partial charge is 0.482 e. The van der Waals surface area contributed by atoms with Crippen LogP contribution in [0.15, 0.2) is 146 Å². The van der Waals surface area contributed by atoms with Crippen LogP contribution in [0.4, 0.5) is 0 Å². The van der Waals surface area contributed by atoms with Gasteiger partial charge >= 0.3 is 5.97 Å². The summed E-state index contributed by atoms with van der Waals surface area (Å²) in [4.78, 5) is 10.4. The molecule has 0 saturated carbocycles. The van der Waals surface area contributed by atoms with E-state index in [-0.39, 0.29) is 20.1 Å². The van der Waals surface area contributed by atoms with Gasteiger partial charge in [-0.1, -0.05) is 126 Å². The first-order chi connectivity index (χ1) is 25.7. The van der Waals surface area contributed by atoms with Crippen molar-refractivity contribution in [3.8, 4) is 17.2 Å². The Morgan fingerprint density at radius 2 is 0.717 bits per heavy atom. The molecule has 53 heavy (non-hydrogen) atoms. The Balaban J connectivity index is 0.000000178. The van der Waals surface area contributed by atoms with Crippen LogP contribution in [0.25, 0.3) is 0 Å². The van der Waals surface area contributed by atoms with E-state index in [4.69, 9.17) is 30.2 Å². The average Bonchev–Trinajstić information content (AvgIpc) is 3.16. The van der Waals surface area contributed by atoms with Crippen LogP contribution < -0.4 is 19.9 Å². The molecule has 274 valence electrons. The van der Waals surface area contributed by atoms with Crippen LogP contribution in [0.3, 0.4) is 0 Å². The Morgan fingerprint density at radius 3 is 0.981 bits per heavy atom. The molecule has 0 radical (unpaired) electrons. The van der Waals surface area contributed by atoms with E-state index >= 15 is 0 Å². The highest BCUT2D eigenvalue weighted by Crippen LogP contribution is 2.18. The van der Waals surface area contributed by atoms with E-state index < -0.39 is 5.97 Å². The van der Waals surface area contributed by atoms with E-state index in [0.717, 1.165) is 25.0 Å². The highest BCUT2D eigenvalue weighted by molar-refractivity contribution is 5.68. The van der Waals surface area contributed by atoms with Crippen LogP contribution >= 0.6 is 0 Å². The fourth-order valence-electron chi connectivity index (χ4n) is 5.25. The summed E-state index contributed by atoms with van der Waals surface area (Å²) in [6.07, 6.45) is 2.72. The number of hydrogen-bond acceptors (Lipinski definition) is 6. The molecule has 4 N–H and O–H groups in total. The smallest absolute Gasteiger partial charge is 0.341 e. The minimum atomic E-state index is -0.969. The first-order valence-corrected chi connectivity index (χ1v) is 17.5. The van der Waals surface area contributed by atoms with Crippen molar-refractivity contribution in [3.05, 3.63) is 196 Å². The number of nitrogens with two attached hydrogens (primary N) is 1. The summed E-state index contributed by atoms with van der Waals surface area (Å²) in [5.41, 5.74) is 16.7. The Morgan fingerprint density at radius 1 is 0.453 bits per heavy atom. The van der Waals surface area contributed by atoms with E-state index in [1.165, 1.54) is 50.1 Å². The summed E-state index contributed by atoms with van der Waals surface area (Å²) in [7, 11) is 0. The molecule has 0 aliphatic carbocycles. The van der Waals surface area contributed by atoms with Gasteiger partial charge in [-0.05, 0) is 110 Å². The molecular formula is C46H49NO6. The topological polar surface area (TPSA) is 111 Å². The lowest BCUT2D eigenvalue weighted by molar-refractivity contribution is -0.139. The predicted molar refractivity (Wildman–Crippen MR) is 212 cm³/mol. The number of ether oxygens (including phenoxy) is 3. The van der Waals surface area contributed by atoms with Crippen LogP contribution in [0.2, 0.25) is 0 Å². The molecule has 0 heterocycles. The zero-order chi connectivity index (χ0) is 37.8. The van der Waals surface area contributed by atoms with Crippen LogP contribution in [0, 0.1) is 20.8 Å².